The molecule has 1 unspecified atom stereocenters. The SMILES string of the molecule is Cn1ncc(Cl)c1C(O)c1ccc(Cl)s1. The second-order valence-corrected chi connectivity index (χ2v) is 5.20. The van der Waals surface area contributed by atoms with Gasteiger partial charge in [-0.25, -0.2) is 0 Å². The van der Waals surface area contributed by atoms with Crippen LogP contribution >= 0.6 is 34.5 Å². The fourth-order valence-electron chi connectivity index (χ4n) is 1.34. The maximum absolute atomic E-state index is 10.1. The minimum atomic E-state index is -0.775. The van der Waals surface area contributed by atoms with Gasteiger partial charge in [-0.3, -0.25) is 4.68 Å². The largest absolute Gasteiger partial charge is 0.381 e. The van der Waals surface area contributed by atoms with Crippen molar-refractivity contribution in [1.29, 1.82) is 0 Å². The topological polar surface area (TPSA) is 38.0 Å². The highest BCUT2D eigenvalue weighted by atomic mass is 35.5. The maximum atomic E-state index is 10.1. The number of halogens is 2. The molecule has 0 fully saturated rings. The van der Waals surface area contributed by atoms with E-state index in [1.165, 1.54) is 17.5 Å². The number of nitrogens with zero attached hydrogens (tertiary/aromatic N) is 2. The molecule has 0 amide bonds. The summed E-state index contributed by atoms with van der Waals surface area (Å²) in [6.07, 6.45) is 0.734. The second kappa shape index (κ2) is 4.14. The van der Waals surface area contributed by atoms with E-state index in [-0.39, 0.29) is 0 Å². The molecule has 80 valence electrons. The molecule has 0 aliphatic carbocycles. The highest BCUT2D eigenvalue weighted by Crippen LogP contribution is 2.33. The molecule has 2 rings (SSSR count). The predicted molar refractivity (Wildman–Crippen MR) is 61.6 cm³/mol. The third-order valence-electron chi connectivity index (χ3n) is 2.06. The van der Waals surface area contributed by atoms with Crippen LogP contribution < -0.4 is 0 Å². The Hall–Kier alpha value is -0.550. The van der Waals surface area contributed by atoms with Gasteiger partial charge in [0.05, 0.1) is 21.2 Å². The molecule has 0 aliphatic heterocycles. The average Bonchev–Trinajstić information content (AvgIpc) is 2.73. The number of aryl methyl sites for hydroxylation is 1. The van der Waals surface area contributed by atoms with E-state index in [9.17, 15) is 5.11 Å². The number of rotatable bonds is 2. The molecule has 6 heteroatoms. The lowest BCUT2D eigenvalue weighted by atomic mass is 10.2. The van der Waals surface area contributed by atoms with Crippen molar-refractivity contribution in [3.05, 3.63) is 38.3 Å². The second-order valence-electron chi connectivity index (χ2n) is 3.05. The summed E-state index contributed by atoms with van der Waals surface area (Å²) in [7, 11) is 1.74. The summed E-state index contributed by atoms with van der Waals surface area (Å²) in [5.41, 5.74) is 0.579. The van der Waals surface area contributed by atoms with Gasteiger partial charge in [0.15, 0.2) is 0 Å². The molecule has 0 aliphatic rings. The first kappa shape index (κ1) is 11.0. The molecule has 0 saturated heterocycles. The Balaban J connectivity index is 2.40. The van der Waals surface area contributed by atoms with E-state index in [1.54, 1.807) is 23.9 Å². The molecule has 1 atom stereocenters. The summed E-state index contributed by atoms with van der Waals surface area (Å²) in [6.45, 7) is 0. The van der Waals surface area contributed by atoms with E-state index in [2.05, 4.69) is 5.10 Å². The third kappa shape index (κ3) is 2.03. The molecule has 0 radical (unpaired) electrons. The molecule has 0 aromatic carbocycles. The summed E-state index contributed by atoms with van der Waals surface area (Å²) < 4.78 is 2.20. The monoisotopic (exact) mass is 262 g/mol. The Kier molecular flexibility index (Phi) is 3.02. The number of aromatic nitrogens is 2. The molecule has 2 heterocycles. The fourth-order valence-corrected chi connectivity index (χ4v) is 2.66. The van der Waals surface area contributed by atoms with E-state index < -0.39 is 6.10 Å². The van der Waals surface area contributed by atoms with Gasteiger partial charge < -0.3 is 5.11 Å². The van der Waals surface area contributed by atoms with Crippen molar-refractivity contribution in [1.82, 2.24) is 9.78 Å². The van der Waals surface area contributed by atoms with Crippen molar-refractivity contribution < 1.29 is 5.11 Å². The van der Waals surface area contributed by atoms with Gasteiger partial charge in [0.2, 0.25) is 0 Å². The van der Waals surface area contributed by atoms with Gasteiger partial charge in [0.25, 0.3) is 0 Å². The first-order valence-electron chi connectivity index (χ1n) is 4.20. The number of aliphatic hydroxyl groups excluding tert-OH is 1. The molecule has 2 aromatic rings. The van der Waals surface area contributed by atoms with Crippen LogP contribution in [0.15, 0.2) is 18.3 Å². The summed E-state index contributed by atoms with van der Waals surface area (Å²) in [5, 5.41) is 14.5. The highest BCUT2D eigenvalue weighted by molar-refractivity contribution is 7.16. The first-order valence-corrected chi connectivity index (χ1v) is 5.77. The lowest BCUT2D eigenvalue weighted by Gasteiger charge is -2.09. The van der Waals surface area contributed by atoms with Crippen LogP contribution in [0.4, 0.5) is 0 Å². The van der Waals surface area contributed by atoms with Crippen LogP contribution in [0.1, 0.15) is 16.7 Å². The molecule has 1 N–H and O–H groups in total. The zero-order valence-electron chi connectivity index (χ0n) is 7.82. The standard InChI is InChI=1S/C9H8Cl2N2OS/c1-13-8(5(10)4-12-13)9(14)6-2-3-7(11)15-6/h2-4,9,14H,1H3. The van der Waals surface area contributed by atoms with Gasteiger partial charge >= 0.3 is 0 Å². The molecule has 0 spiro atoms. The van der Waals surface area contributed by atoms with Crippen LogP contribution in [0.25, 0.3) is 0 Å². The van der Waals surface area contributed by atoms with Gasteiger partial charge in [-0.1, -0.05) is 23.2 Å². The Morgan fingerprint density at radius 1 is 1.47 bits per heavy atom. The minimum Gasteiger partial charge on any atom is -0.381 e. The van der Waals surface area contributed by atoms with Crippen LogP contribution in [0, 0.1) is 0 Å². The molecule has 15 heavy (non-hydrogen) atoms. The lowest BCUT2D eigenvalue weighted by molar-refractivity contribution is 0.213. The molecule has 0 bridgehead atoms. The Morgan fingerprint density at radius 3 is 2.67 bits per heavy atom. The lowest BCUT2D eigenvalue weighted by Crippen LogP contribution is -2.05. The fraction of sp³-hybridized carbons (Fsp3) is 0.222. The summed E-state index contributed by atoms with van der Waals surface area (Å²) in [4.78, 5) is 0.755. The first-order chi connectivity index (χ1) is 7.09. The van der Waals surface area contributed by atoms with Crippen LogP contribution in [-0.4, -0.2) is 14.9 Å². The van der Waals surface area contributed by atoms with Crippen LogP contribution in [0.3, 0.4) is 0 Å². The van der Waals surface area contributed by atoms with Crippen molar-refractivity contribution in [2.24, 2.45) is 7.05 Å². The Bertz CT molecular complexity index is 461. The van der Waals surface area contributed by atoms with Crippen molar-refractivity contribution in [3.63, 3.8) is 0 Å². The van der Waals surface area contributed by atoms with E-state index in [4.69, 9.17) is 23.2 Å². The van der Waals surface area contributed by atoms with Gasteiger partial charge in [-0.2, -0.15) is 5.10 Å². The zero-order valence-corrected chi connectivity index (χ0v) is 10.1. The van der Waals surface area contributed by atoms with Gasteiger partial charge in [-0.15, -0.1) is 11.3 Å². The molecule has 2 aromatic heterocycles. The van der Waals surface area contributed by atoms with Crippen molar-refractivity contribution >= 4 is 34.5 Å². The molecule has 3 nitrogen and oxygen atoms in total. The minimum absolute atomic E-state index is 0.453. The van der Waals surface area contributed by atoms with Crippen molar-refractivity contribution in [2.75, 3.05) is 0 Å². The van der Waals surface area contributed by atoms with Gasteiger partial charge in [0.1, 0.15) is 6.10 Å². The maximum Gasteiger partial charge on any atom is 0.131 e. The van der Waals surface area contributed by atoms with E-state index >= 15 is 0 Å². The number of hydrogen-bond acceptors (Lipinski definition) is 3. The van der Waals surface area contributed by atoms with Crippen molar-refractivity contribution in [3.8, 4) is 0 Å². The summed E-state index contributed by atoms with van der Waals surface area (Å²) in [6, 6.07) is 3.52. The molecular formula is C9H8Cl2N2OS. The third-order valence-corrected chi connectivity index (χ3v) is 3.63. The van der Waals surface area contributed by atoms with Crippen LogP contribution in [-0.2, 0) is 7.05 Å². The number of thiophene rings is 1. The van der Waals surface area contributed by atoms with Gasteiger partial charge in [-0.05, 0) is 12.1 Å². The Labute approximate surface area is 101 Å². The van der Waals surface area contributed by atoms with Gasteiger partial charge in [0, 0.05) is 11.9 Å². The summed E-state index contributed by atoms with van der Waals surface area (Å²) >= 11 is 13.0. The normalized spacial score (nSPS) is 13.1. The Morgan fingerprint density at radius 2 is 2.20 bits per heavy atom. The smallest absolute Gasteiger partial charge is 0.131 e. The van der Waals surface area contributed by atoms with Crippen LogP contribution in [0.5, 0.6) is 0 Å². The number of hydrogen-bond donors (Lipinski definition) is 1. The quantitative estimate of drug-likeness (QED) is 0.904. The van der Waals surface area contributed by atoms with Crippen molar-refractivity contribution in [2.45, 2.75) is 6.10 Å². The predicted octanol–water partition coefficient (Wildman–Crippen LogP) is 2.87. The molecule has 0 saturated carbocycles. The highest BCUT2D eigenvalue weighted by Gasteiger charge is 2.19. The molecular weight excluding hydrogens is 255 g/mol. The van der Waals surface area contributed by atoms with Crippen LogP contribution in [0.2, 0.25) is 9.36 Å². The summed E-state index contributed by atoms with van der Waals surface area (Å²) in [5.74, 6) is 0. The average molecular weight is 263 g/mol. The van der Waals surface area contributed by atoms with E-state index in [0.717, 1.165) is 4.88 Å². The van der Waals surface area contributed by atoms with E-state index in [1.807, 2.05) is 0 Å². The number of aliphatic hydroxyl groups is 1. The zero-order chi connectivity index (χ0) is 11.0. The van der Waals surface area contributed by atoms with E-state index in [0.29, 0.717) is 15.1 Å².